The molecule has 0 N–H and O–H groups in total. The lowest BCUT2D eigenvalue weighted by Gasteiger charge is -2.33. The highest BCUT2D eigenvalue weighted by molar-refractivity contribution is 5.51. The van der Waals surface area contributed by atoms with Crippen LogP contribution in [-0.2, 0) is 0 Å². The van der Waals surface area contributed by atoms with E-state index in [-0.39, 0.29) is 5.82 Å². The Kier molecular flexibility index (Phi) is 1.96. The van der Waals surface area contributed by atoms with Crippen LogP contribution in [0.25, 0.3) is 0 Å². The lowest BCUT2D eigenvalue weighted by Crippen LogP contribution is -2.44. The highest BCUT2D eigenvalue weighted by Crippen LogP contribution is 2.34. The van der Waals surface area contributed by atoms with Gasteiger partial charge in [-0.05, 0) is 25.6 Å². The van der Waals surface area contributed by atoms with Crippen LogP contribution in [0.2, 0.25) is 0 Å². The van der Waals surface area contributed by atoms with Crippen molar-refractivity contribution in [3.8, 4) is 0 Å². The zero-order chi connectivity index (χ0) is 10.4. The Morgan fingerprint density at radius 1 is 1.20 bits per heavy atom. The number of benzene rings is 1. The summed E-state index contributed by atoms with van der Waals surface area (Å²) in [4.78, 5) is 4.60. The van der Waals surface area contributed by atoms with Crippen LogP contribution in [0.5, 0.6) is 0 Å². The highest BCUT2D eigenvalue weighted by atomic mass is 19.1. The maximum absolute atomic E-state index is 13.6. The molecule has 2 aliphatic heterocycles. The van der Waals surface area contributed by atoms with Gasteiger partial charge in [0.1, 0.15) is 5.82 Å². The first kappa shape index (κ1) is 9.16. The van der Waals surface area contributed by atoms with Crippen molar-refractivity contribution >= 4 is 5.69 Å². The molecule has 1 aromatic rings. The van der Waals surface area contributed by atoms with Gasteiger partial charge in [-0.1, -0.05) is 12.1 Å². The zero-order valence-corrected chi connectivity index (χ0v) is 8.86. The van der Waals surface area contributed by atoms with Crippen molar-refractivity contribution < 1.29 is 4.39 Å². The second-order valence-corrected chi connectivity index (χ2v) is 4.59. The third-order valence-electron chi connectivity index (χ3n) is 3.68. The fraction of sp³-hybridized carbons (Fsp3) is 0.500. The first-order valence-electron chi connectivity index (χ1n) is 5.47. The molecule has 15 heavy (non-hydrogen) atoms. The molecule has 0 aliphatic carbocycles. The van der Waals surface area contributed by atoms with Gasteiger partial charge in [-0.25, -0.2) is 4.39 Å². The molecule has 0 radical (unpaired) electrons. The summed E-state index contributed by atoms with van der Waals surface area (Å²) < 4.78 is 13.6. The van der Waals surface area contributed by atoms with Crippen molar-refractivity contribution in [3.63, 3.8) is 0 Å². The van der Waals surface area contributed by atoms with Crippen molar-refractivity contribution in [1.82, 2.24) is 4.90 Å². The van der Waals surface area contributed by atoms with Gasteiger partial charge in [0, 0.05) is 25.2 Å². The predicted octanol–water partition coefficient (Wildman–Crippen LogP) is 1.72. The second-order valence-electron chi connectivity index (χ2n) is 4.59. The number of para-hydroxylation sites is 1. The molecule has 80 valence electrons. The summed E-state index contributed by atoms with van der Waals surface area (Å²) in [5, 5.41) is 0. The number of halogens is 1. The molecule has 0 amide bonds. The SMILES string of the molecule is CN1C[C@@H]2C[C@H]1CN2c1ccccc1F. The molecule has 3 heteroatoms. The van der Waals surface area contributed by atoms with E-state index in [2.05, 4.69) is 16.8 Å². The van der Waals surface area contributed by atoms with Gasteiger partial charge in [-0.15, -0.1) is 0 Å². The van der Waals surface area contributed by atoms with Crippen LogP contribution in [-0.4, -0.2) is 37.1 Å². The highest BCUT2D eigenvalue weighted by Gasteiger charge is 2.41. The van der Waals surface area contributed by atoms with E-state index in [0.29, 0.717) is 12.1 Å². The van der Waals surface area contributed by atoms with Crippen LogP contribution in [0.4, 0.5) is 10.1 Å². The molecule has 2 atom stereocenters. The molecule has 2 saturated heterocycles. The zero-order valence-electron chi connectivity index (χ0n) is 8.86. The predicted molar refractivity (Wildman–Crippen MR) is 58.6 cm³/mol. The number of likely N-dealkylation sites (N-methyl/N-ethyl adjacent to an activating group) is 1. The molecule has 2 aliphatic rings. The van der Waals surface area contributed by atoms with Gasteiger partial charge in [-0.3, -0.25) is 4.90 Å². The first-order valence-corrected chi connectivity index (χ1v) is 5.47. The Morgan fingerprint density at radius 2 is 2.00 bits per heavy atom. The van der Waals surface area contributed by atoms with Crippen LogP contribution >= 0.6 is 0 Å². The topological polar surface area (TPSA) is 6.48 Å². The Hall–Kier alpha value is -1.09. The molecule has 2 bridgehead atoms. The van der Waals surface area contributed by atoms with Gasteiger partial charge in [0.2, 0.25) is 0 Å². The number of anilines is 1. The average molecular weight is 206 g/mol. The van der Waals surface area contributed by atoms with Gasteiger partial charge in [0.15, 0.2) is 0 Å². The van der Waals surface area contributed by atoms with Gasteiger partial charge >= 0.3 is 0 Å². The van der Waals surface area contributed by atoms with Gasteiger partial charge in [0.05, 0.1) is 5.69 Å². The van der Waals surface area contributed by atoms with Crippen molar-refractivity contribution in [2.45, 2.75) is 18.5 Å². The van der Waals surface area contributed by atoms with Crippen LogP contribution < -0.4 is 4.90 Å². The summed E-state index contributed by atoms with van der Waals surface area (Å²) in [5.41, 5.74) is 0.776. The molecule has 0 spiro atoms. The minimum absolute atomic E-state index is 0.0901. The van der Waals surface area contributed by atoms with E-state index < -0.39 is 0 Å². The van der Waals surface area contributed by atoms with Crippen molar-refractivity contribution in [2.75, 3.05) is 25.0 Å². The van der Waals surface area contributed by atoms with Crippen LogP contribution in [0.1, 0.15) is 6.42 Å². The van der Waals surface area contributed by atoms with E-state index in [0.717, 1.165) is 18.8 Å². The van der Waals surface area contributed by atoms with Crippen molar-refractivity contribution in [3.05, 3.63) is 30.1 Å². The lowest BCUT2D eigenvalue weighted by molar-refractivity contribution is 0.292. The Balaban J connectivity index is 1.89. The van der Waals surface area contributed by atoms with E-state index >= 15 is 0 Å². The van der Waals surface area contributed by atoms with E-state index in [4.69, 9.17) is 0 Å². The molecule has 3 rings (SSSR count). The summed E-state index contributed by atoms with van der Waals surface area (Å²) in [5.74, 6) is -0.0901. The number of fused-ring (bicyclic) bond motifs is 2. The summed E-state index contributed by atoms with van der Waals surface area (Å²) in [6.07, 6.45) is 1.19. The van der Waals surface area contributed by atoms with Crippen molar-refractivity contribution in [2.24, 2.45) is 0 Å². The number of piperazine rings is 1. The minimum Gasteiger partial charge on any atom is -0.363 e. The largest absolute Gasteiger partial charge is 0.363 e. The minimum atomic E-state index is -0.0901. The van der Waals surface area contributed by atoms with Gasteiger partial charge in [-0.2, -0.15) is 0 Å². The molecule has 2 nitrogen and oxygen atoms in total. The molecular formula is C12H15FN2. The standard InChI is InChI=1S/C12H15FN2/c1-14-7-10-6-9(14)8-15(10)12-5-3-2-4-11(12)13/h2-5,9-10H,6-8H2,1H3/t9-,10-/m0/s1. The Morgan fingerprint density at radius 3 is 2.60 bits per heavy atom. The van der Waals surface area contributed by atoms with Crippen molar-refractivity contribution in [1.29, 1.82) is 0 Å². The smallest absolute Gasteiger partial charge is 0.146 e. The monoisotopic (exact) mass is 206 g/mol. The number of rotatable bonds is 1. The summed E-state index contributed by atoms with van der Waals surface area (Å²) in [7, 11) is 2.16. The first-order chi connectivity index (χ1) is 7.25. The third-order valence-corrected chi connectivity index (χ3v) is 3.68. The third kappa shape index (κ3) is 1.34. The van der Waals surface area contributed by atoms with E-state index in [1.54, 1.807) is 12.1 Å². The van der Waals surface area contributed by atoms with E-state index in [1.807, 2.05) is 12.1 Å². The van der Waals surface area contributed by atoms with Gasteiger partial charge < -0.3 is 4.90 Å². The molecular weight excluding hydrogens is 191 g/mol. The molecule has 1 aromatic carbocycles. The number of hydrogen-bond donors (Lipinski definition) is 0. The molecule has 0 saturated carbocycles. The number of nitrogens with zero attached hydrogens (tertiary/aromatic N) is 2. The van der Waals surface area contributed by atoms with Crippen LogP contribution in [0.15, 0.2) is 24.3 Å². The Bertz CT molecular complexity index is 378. The fourth-order valence-electron chi connectivity index (χ4n) is 2.85. The van der Waals surface area contributed by atoms with Crippen LogP contribution in [0, 0.1) is 5.82 Å². The maximum Gasteiger partial charge on any atom is 0.146 e. The average Bonchev–Trinajstić information content (AvgIpc) is 2.77. The maximum atomic E-state index is 13.6. The van der Waals surface area contributed by atoms with Gasteiger partial charge in [0.25, 0.3) is 0 Å². The number of likely N-dealkylation sites (tertiary alicyclic amines) is 1. The summed E-state index contributed by atoms with van der Waals surface area (Å²) in [6.45, 7) is 2.04. The van der Waals surface area contributed by atoms with E-state index in [9.17, 15) is 4.39 Å². The van der Waals surface area contributed by atoms with E-state index in [1.165, 1.54) is 6.42 Å². The normalized spacial score (nSPS) is 30.1. The Labute approximate surface area is 89.3 Å². The van der Waals surface area contributed by atoms with Crippen LogP contribution in [0.3, 0.4) is 0 Å². The summed E-state index contributed by atoms with van der Waals surface area (Å²) >= 11 is 0. The molecule has 0 unspecified atom stereocenters. The fourth-order valence-corrected chi connectivity index (χ4v) is 2.85. The lowest BCUT2D eigenvalue weighted by atomic mass is 10.2. The molecule has 0 aromatic heterocycles. The second kappa shape index (κ2) is 3.20. The number of hydrogen-bond acceptors (Lipinski definition) is 2. The molecule has 2 fully saturated rings. The quantitative estimate of drug-likeness (QED) is 0.690. The summed E-state index contributed by atoms with van der Waals surface area (Å²) in [6, 6.07) is 8.22. The molecule has 2 heterocycles.